The summed E-state index contributed by atoms with van der Waals surface area (Å²) in [6.07, 6.45) is 2.61. The molecule has 2 aromatic carbocycles. The number of pyridine rings is 1. The maximum absolute atomic E-state index is 13.1. The number of nitrogens with zero attached hydrogens (tertiary/aromatic N) is 2. The molecule has 27 heavy (non-hydrogen) atoms. The molecule has 0 saturated heterocycles. The number of fused-ring (bicyclic) bond motifs is 1. The summed E-state index contributed by atoms with van der Waals surface area (Å²) in [6.45, 7) is 1.73. The van der Waals surface area contributed by atoms with Crippen LogP contribution in [-0.2, 0) is 6.42 Å². The van der Waals surface area contributed by atoms with Crippen LogP contribution in [0.5, 0.6) is 5.75 Å². The Bertz CT molecular complexity index is 1040. The highest BCUT2D eigenvalue weighted by atomic mass is 19.1. The van der Waals surface area contributed by atoms with Crippen molar-refractivity contribution in [2.24, 2.45) is 0 Å². The third-order valence-corrected chi connectivity index (χ3v) is 4.53. The van der Waals surface area contributed by atoms with E-state index in [9.17, 15) is 19.1 Å². The Labute approximate surface area is 156 Å². The number of amides is 1. The van der Waals surface area contributed by atoms with Crippen molar-refractivity contribution in [1.82, 2.24) is 9.88 Å². The first-order valence-corrected chi connectivity index (χ1v) is 8.39. The fourth-order valence-electron chi connectivity index (χ4n) is 3.11. The van der Waals surface area contributed by atoms with Crippen LogP contribution in [0.2, 0.25) is 0 Å². The molecule has 1 heterocycles. The Balaban J connectivity index is 2.17. The lowest BCUT2D eigenvalue weighted by molar-refractivity contribution is 0.0823. The summed E-state index contributed by atoms with van der Waals surface area (Å²) < 4.78 is 13.1. The van der Waals surface area contributed by atoms with Gasteiger partial charge in [-0.1, -0.05) is 12.1 Å². The third kappa shape index (κ3) is 3.38. The number of aryl methyl sites for hydroxylation is 1. The molecule has 0 atom stereocenters. The number of aldehydes is 1. The topological polar surface area (TPSA) is 70.5 Å². The van der Waals surface area contributed by atoms with E-state index in [1.54, 1.807) is 39.3 Å². The minimum atomic E-state index is -0.365. The van der Waals surface area contributed by atoms with E-state index < -0.39 is 0 Å². The number of phenolic OH excluding ortho intramolecular Hbond substituents is 1. The summed E-state index contributed by atoms with van der Waals surface area (Å²) >= 11 is 0. The molecule has 0 fully saturated rings. The summed E-state index contributed by atoms with van der Waals surface area (Å²) in [4.78, 5) is 29.7. The van der Waals surface area contributed by atoms with Crippen LogP contribution in [0.1, 0.15) is 37.4 Å². The number of carbonyl (C=O) groups is 2. The number of aromatic nitrogens is 1. The average Bonchev–Trinajstić information content (AvgIpc) is 2.65. The predicted molar refractivity (Wildman–Crippen MR) is 101 cm³/mol. The van der Waals surface area contributed by atoms with Gasteiger partial charge in [0.25, 0.3) is 5.91 Å². The van der Waals surface area contributed by atoms with E-state index in [1.165, 1.54) is 17.0 Å². The van der Waals surface area contributed by atoms with Gasteiger partial charge in [0.05, 0.1) is 11.1 Å². The fraction of sp³-hybridized carbons (Fsp3) is 0.190. The fourth-order valence-corrected chi connectivity index (χ4v) is 3.11. The van der Waals surface area contributed by atoms with E-state index in [0.717, 1.165) is 11.1 Å². The number of rotatable bonds is 4. The Morgan fingerprint density at radius 2 is 1.89 bits per heavy atom. The van der Waals surface area contributed by atoms with E-state index in [0.29, 0.717) is 23.7 Å². The maximum Gasteiger partial charge on any atom is 0.254 e. The van der Waals surface area contributed by atoms with Gasteiger partial charge in [-0.15, -0.1) is 0 Å². The minimum Gasteiger partial charge on any atom is -0.505 e. The number of hydrogen-bond acceptors (Lipinski definition) is 4. The molecule has 6 heteroatoms. The molecule has 0 saturated carbocycles. The van der Waals surface area contributed by atoms with Gasteiger partial charge in [-0.2, -0.15) is 0 Å². The number of phenols is 1. The molecule has 1 aromatic heterocycles. The zero-order valence-electron chi connectivity index (χ0n) is 15.3. The monoisotopic (exact) mass is 366 g/mol. The summed E-state index contributed by atoms with van der Waals surface area (Å²) in [6, 6.07) is 8.01. The highest BCUT2D eigenvalue weighted by Gasteiger charge is 2.23. The molecule has 0 unspecified atom stereocenters. The standard InChI is InChI=1S/C21H19FN2O3/c1-12-16-9-14(8-13-4-6-15(22)7-5-13)10-23-19(16)20(26)17(11-25)18(12)21(27)24(2)3/h4-7,9-11,26H,8H2,1-3H3. The van der Waals surface area contributed by atoms with Crippen LogP contribution < -0.4 is 0 Å². The van der Waals surface area contributed by atoms with Gasteiger partial charge >= 0.3 is 0 Å². The summed E-state index contributed by atoms with van der Waals surface area (Å²) in [7, 11) is 3.17. The summed E-state index contributed by atoms with van der Waals surface area (Å²) in [5.41, 5.74) is 2.72. The molecule has 1 N–H and O–H groups in total. The molecule has 0 aliphatic carbocycles. The van der Waals surface area contributed by atoms with Gasteiger partial charge < -0.3 is 10.0 Å². The molecular formula is C21H19FN2O3. The predicted octanol–water partition coefficient (Wildman–Crippen LogP) is 3.49. The number of hydrogen-bond donors (Lipinski definition) is 1. The Hall–Kier alpha value is -3.28. The summed E-state index contributed by atoms with van der Waals surface area (Å²) in [5.74, 6) is -0.968. The Kier molecular flexibility index (Phi) is 4.90. The second-order valence-electron chi connectivity index (χ2n) is 6.62. The second-order valence-corrected chi connectivity index (χ2v) is 6.62. The van der Waals surface area contributed by atoms with E-state index in [4.69, 9.17) is 0 Å². The summed E-state index contributed by atoms with van der Waals surface area (Å²) in [5, 5.41) is 11.1. The molecular weight excluding hydrogens is 347 g/mol. The Morgan fingerprint density at radius 1 is 1.22 bits per heavy atom. The van der Waals surface area contributed by atoms with Gasteiger partial charge in [0, 0.05) is 25.7 Å². The molecule has 138 valence electrons. The van der Waals surface area contributed by atoms with Crippen LogP contribution in [0, 0.1) is 12.7 Å². The zero-order valence-corrected chi connectivity index (χ0v) is 15.3. The van der Waals surface area contributed by atoms with Gasteiger partial charge in [0.1, 0.15) is 11.3 Å². The molecule has 0 bridgehead atoms. The molecule has 3 rings (SSSR count). The molecule has 0 aliphatic heterocycles. The van der Waals surface area contributed by atoms with Crippen LogP contribution in [0.25, 0.3) is 10.9 Å². The lowest BCUT2D eigenvalue weighted by Gasteiger charge is -2.17. The minimum absolute atomic E-state index is 0.0579. The van der Waals surface area contributed by atoms with Crippen molar-refractivity contribution in [2.75, 3.05) is 14.1 Å². The number of aromatic hydroxyl groups is 1. The molecule has 0 spiro atoms. The van der Waals surface area contributed by atoms with Crippen molar-refractivity contribution in [3.63, 3.8) is 0 Å². The highest BCUT2D eigenvalue weighted by molar-refractivity contribution is 6.10. The van der Waals surface area contributed by atoms with Gasteiger partial charge in [-0.3, -0.25) is 14.6 Å². The number of carbonyl (C=O) groups excluding carboxylic acids is 2. The van der Waals surface area contributed by atoms with Crippen molar-refractivity contribution in [3.8, 4) is 5.75 Å². The quantitative estimate of drug-likeness (QED) is 0.718. The van der Waals surface area contributed by atoms with Crippen molar-refractivity contribution in [2.45, 2.75) is 13.3 Å². The molecule has 5 nitrogen and oxygen atoms in total. The molecule has 1 amide bonds. The van der Waals surface area contributed by atoms with Crippen LogP contribution >= 0.6 is 0 Å². The number of benzene rings is 2. The van der Waals surface area contributed by atoms with Crippen molar-refractivity contribution in [3.05, 3.63) is 70.2 Å². The van der Waals surface area contributed by atoms with Gasteiger partial charge in [-0.05, 0) is 48.2 Å². The van der Waals surface area contributed by atoms with Crippen LogP contribution in [0.15, 0.2) is 36.5 Å². The average molecular weight is 366 g/mol. The van der Waals surface area contributed by atoms with E-state index in [1.807, 2.05) is 6.07 Å². The van der Waals surface area contributed by atoms with Crippen molar-refractivity contribution in [1.29, 1.82) is 0 Å². The van der Waals surface area contributed by atoms with Crippen LogP contribution in [0.4, 0.5) is 4.39 Å². The smallest absolute Gasteiger partial charge is 0.254 e. The van der Waals surface area contributed by atoms with E-state index in [2.05, 4.69) is 4.98 Å². The van der Waals surface area contributed by atoms with Crippen LogP contribution in [-0.4, -0.2) is 41.3 Å². The molecule has 0 radical (unpaired) electrons. The van der Waals surface area contributed by atoms with Crippen molar-refractivity contribution < 1.29 is 19.1 Å². The normalized spacial score (nSPS) is 10.8. The maximum atomic E-state index is 13.1. The second kappa shape index (κ2) is 7.15. The molecule has 0 aliphatic rings. The third-order valence-electron chi connectivity index (χ3n) is 4.53. The first-order chi connectivity index (χ1) is 12.8. The van der Waals surface area contributed by atoms with E-state index >= 15 is 0 Å². The van der Waals surface area contributed by atoms with Crippen LogP contribution in [0.3, 0.4) is 0 Å². The van der Waals surface area contributed by atoms with Gasteiger partial charge in [-0.25, -0.2) is 4.39 Å². The number of halogens is 1. The van der Waals surface area contributed by atoms with Gasteiger partial charge in [0.2, 0.25) is 0 Å². The first-order valence-electron chi connectivity index (χ1n) is 8.39. The zero-order chi connectivity index (χ0) is 19.7. The largest absolute Gasteiger partial charge is 0.505 e. The van der Waals surface area contributed by atoms with Gasteiger partial charge in [0.15, 0.2) is 12.0 Å². The van der Waals surface area contributed by atoms with E-state index in [-0.39, 0.29) is 34.1 Å². The SMILES string of the molecule is Cc1c(C(=O)N(C)C)c(C=O)c(O)c2ncc(Cc3ccc(F)cc3)cc12. The lowest BCUT2D eigenvalue weighted by atomic mass is 9.94. The Morgan fingerprint density at radius 3 is 2.48 bits per heavy atom. The lowest BCUT2D eigenvalue weighted by Crippen LogP contribution is -2.24. The first kappa shape index (κ1) is 18.5. The highest BCUT2D eigenvalue weighted by Crippen LogP contribution is 2.34. The van der Waals surface area contributed by atoms with Crippen molar-refractivity contribution >= 4 is 23.1 Å². The molecule has 3 aromatic rings.